The monoisotopic (exact) mass is 221 g/mol. The lowest BCUT2D eigenvalue weighted by atomic mass is 10.3. The Morgan fingerprint density at radius 1 is 1.50 bits per heavy atom. The van der Waals surface area contributed by atoms with E-state index in [2.05, 4.69) is 22.1 Å². The first-order valence-electron chi connectivity index (χ1n) is 5.03. The predicted molar refractivity (Wildman–Crippen MR) is 62.3 cm³/mol. The zero-order chi connectivity index (χ0) is 12.1. The Balaban J connectivity index is 2.86. The molecule has 1 rings (SSSR count). The summed E-state index contributed by atoms with van der Waals surface area (Å²) in [6.07, 6.45) is 1.43. The van der Waals surface area contributed by atoms with E-state index < -0.39 is 11.2 Å². The Bertz CT molecular complexity index is 529. The molecule has 5 nitrogen and oxygen atoms in total. The Morgan fingerprint density at radius 3 is 2.81 bits per heavy atom. The Morgan fingerprint density at radius 2 is 2.19 bits per heavy atom. The van der Waals surface area contributed by atoms with Gasteiger partial charge in [0.25, 0.3) is 5.56 Å². The SMILES string of the molecule is CC(C)NCC#Cc1cn(C)c(=O)[nH]c1=O. The molecular formula is C11H15N3O2. The number of aromatic amines is 1. The molecule has 0 fully saturated rings. The van der Waals surface area contributed by atoms with Crippen molar-refractivity contribution >= 4 is 0 Å². The van der Waals surface area contributed by atoms with Crippen molar-refractivity contribution < 1.29 is 0 Å². The summed E-state index contributed by atoms with van der Waals surface area (Å²) < 4.78 is 1.29. The van der Waals surface area contributed by atoms with Crippen molar-refractivity contribution in [3.63, 3.8) is 0 Å². The minimum absolute atomic E-state index is 0.299. The van der Waals surface area contributed by atoms with Gasteiger partial charge < -0.3 is 9.88 Å². The zero-order valence-electron chi connectivity index (χ0n) is 9.63. The summed E-state index contributed by atoms with van der Waals surface area (Å²) in [5.41, 5.74) is -0.580. The van der Waals surface area contributed by atoms with Crippen LogP contribution in [0, 0.1) is 11.8 Å². The molecule has 0 bridgehead atoms. The summed E-state index contributed by atoms with van der Waals surface area (Å²) in [5, 5.41) is 3.11. The summed E-state index contributed by atoms with van der Waals surface area (Å²) in [6, 6.07) is 0.354. The van der Waals surface area contributed by atoms with Crippen molar-refractivity contribution in [2.24, 2.45) is 7.05 Å². The van der Waals surface area contributed by atoms with E-state index in [4.69, 9.17) is 0 Å². The maximum absolute atomic E-state index is 11.3. The summed E-state index contributed by atoms with van der Waals surface area (Å²) in [4.78, 5) is 24.6. The van der Waals surface area contributed by atoms with Crippen LogP contribution in [0.3, 0.4) is 0 Å². The van der Waals surface area contributed by atoms with Gasteiger partial charge in [-0.05, 0) is 13.8 Å². The lowest BCUT2D eigenvalue weighted by molar-refractivity contribution is 0.638. The van der Waals surface area contributed by atoms with E-state index in [0.717, 1.165) is 0 Å². The Kier molecular flexibility index (Phi) is 4.09. The van der Waals surface area contributed by atoms with Crippen LogP contribution in [-0.4, -0.2) is 22.1 Å². The fourth-order valence-electron chi connectivity index (χ4n) is 1.05. The third kappa shape index (κ3) is 3.41. The molecule has 0 atom stereocenters. The van der Waals surface area contributed by atoms with Gasteiger partial charge in [-0.3, -0.25) is 9.78 Å². The first kappa shape index (κ1) is 12.3. The molecule has 1 heterocycles. The van der Waals surface area contributed by atoms with Gasteiger partial charge in [-0.1, -0.05) is 11.8 Å². The van der Waals surface area contributed by atoms with Crippen LogP contribution in [-0.2, 0) is 7.05 Å². The number of H-pyrrole nitrogens is 1. The van der Waals surface area contributed by atoms with Crippen molar-refractivity contribution in [1.29, 1.82) is 0 Å². The molecule has 0 aliphatic heterocycles. The van der Waals surface area contributed by atoms with Crippen LogP contribution in [0.25, 0.3) is 0 Å². The standard InChI is InChI=1S/C11H15N3O2/c1-8(2)12-6-4-5-9-7-14(3)11(16)13-10(9)15/h7-8,12H,6H2,1-3H3,(H,13,15,16). The van der Waals surface area contributed by atoms with E-state index in [1.807, 2.05) is 13.8 Å². The van der Waals surface area contributed by atoms with Gasteiger partial charge in [0.05, 0.1) is 6.54 Å². The quantitative estimate of drug-likeness (QED) is 0.657. The number of aryl methyl sites for hydroxylation is 1. The molecule has 0 saturated heterocycles. The molecule has 0 unspecified atom stereocenters. The van der Waals surface area contributed by atoms with E-state index >= 15 is 0 Å². The Hall–Kier alpha value is -1.80. The molecule has 16 heavy (non-hydrogen) atoms. The second-order valence-corrected chi connectivity index (χ2v) is 3.75. The minimum Gasteiger partial charge on any atom is -0.304 e. The molecule has 86 valence electrons. The van der Waals surface area contributed by atoms with E-state index in [9.17, 15) is 9.59 Å². The lowest BCUT2D eigenvalue weighted by Gasteiger charge is -2.01. The van der Waals surface area contributed by atoms with Gasteiger partial charge in [0, 0.05) is 19.3 Å². The van der Waals surface area contributed by atoms with Crippen LogP contribution >= 0.6 is 0 Å². The molecule has 0 aromatic carbocycles. The number of hydrogen-bond donors (Lipinski definition) is 2. The fourth-order valence-corrected chi connectivity index (χ4v) is 1.05. The smallest absolute Gasteiger partial charge is 0.304 e. The molecule has 2 N–H and O–H groups in total. The van der Waals surface area contributed by atoms with Gasteiger partial charge in [0.2, 0.25) is 0 Å². The molecule has 0 radical (unpaired) electrons. The van der Waals surface area contributed by atoms with Gasteiger partial charge >= 0.3 is 5.69 Å². The van der Waals surface area contributed by atoms with Crippen molar-refractivity contribution in [3.8, 4) is 11.8 Å². The highest BCUT2D eigenvalue weighted by molar-refractivity contribution is 5.29. The second-order valence-electron chi connectivity index (χ2n) is 3.75. The average molecular weight is 221 g/mol. The largest absolute Gasteiger partial charge is 0.328 e. The Labute approximate surface area is 93.5 Å². The molecule has 0 spiro atoms. The molecule has 0 amide bonds. The molecule has 1 aromatic heterocycles. The fraction of sp³-hybridized carbons (Fsp3) is 0.455. The second kappa shape index (κ2) is 5.33. The number of nitrogens with one attached hydrogen (secondary N) is 2. The van der Waals surface area contributed by atoms with E-state index in [0.29, 0.717) is 18.2 Å². The predicted octanol–water partition coefficient (Wildman–Crippen LogP) is -0.577. The van der Waals surface area contributed by atoms with Crippen molar-refractivity contribution in [1.82, 2.24) is 14.9 Å². The van der Waals surface area contributed by atoms with Crippen LogP contribution in [0.5, 0.6) is 0 Å². The molecule has 0 aliphatic carbocycles. The van der Waals surface area contributed by atoms with Crippen molar-refractivity contribution in [2.75, 3.05) is 6.54 Å². The van der Waals surface area contributed by atoms with Crippen molar-refractivity contribution in [3.05, 3.63) is 32.6 Å². The molecule has 0 aliphatic rings. The number of hydrogen-bond acceptors (Lipinski definition) is 3. The maximum atomic E-state index is 11.3. The average Bonchev–Trinajstić information content (AvgIpc) is 2.19. The third-order valence-electron chi connectivity index (χ3n) is 1.93. The van der Waals surface area contributed by atoms with Crippen molar-refractivity contribution in [2.45, 2.75) is 19.9 Å². The highest BCUT2D eigenvalue weighted by Gasteiger charge is 1.98. The molecule has 5 heteroatoms. The minimum atomic E-state index is -0.444. The van der Waals surface area contributed by atoms with Crippen LogP contribution in [0.4, 0.5) is 0 Å². The zero-order valence-corrected chi connectivity index (χ0v) is 9.63. The molecule has 1 aromatic rings. The lowest BCUT2D eigenvalue weighted by Crippen LogP contribution is -2.29. The third-order valence-corrected chi connectivity index (χ3v) is 1.93. The van der Waals surface area contributed by atoms with Crippen LogP contribution in [0.2, 0.25) is 0 Å². The summed E-state index contributed by atoms with van der Waals surface area (Å²) in [6.45, 7) is 4.54. The van der Waals surface area contributed by atoms with Crippen LogP contribution in [0.1, 0.15) is 19.4 Å². The first-order chi connectivity index (χ1) is 7.50. The normalized spacial score (nSPS) is 10.0. The van der Waals surface area contributed by atoms with Gasteiger partial charge in [-0.2, -0.15) is 0 Å². The van der Waals surface area contributed by atoms with Crippen LogP contribution < -0.4 is 16.6 Å². The number of rotatable bonds is 2. The highest BCUT2D eigenvalue weighted by Crippen LogP contribution is 1.81. The van der Waals surface area contributed by atoms with Crippen LogP contribution in [0.15, 0.2) is 15.8 Å². The van der Waals surface area contributed by atoms with E-state index in [1.165, 1.54) is 10.8 Å². The van der Waals surface area contributed by atoms with Gasteiger partial charge in [-0.25, -0.2) is 4.79 Å². The van der Waals surface area contributed by atoms with E-state index in [1.54, 1.807) is 7.05 Å². The molecular weight excluding hydrogens is 206 g/mol. The highest BCUT2D eigenvalue weighted by atomic mass is 16.2. The summed E-state index contributed by atoms with van der Waals surface area (Å²) in [5.74, 6) is 5.54. The topological polar surface area (TPSA) is 66.9 Å². The summed E-state index contributed by atoms with van der Waals surface area (Å²) in [7, 11) is 1.57. The van der Waals surface area contributed by atoms with Gasteiger partial charge in [0.15, 0.2) is 0 Å². The number of aromatic nitrogens is 2. The van der Waals surface area contributed by atoms with Gasteiger partial charge in [-0.15, -0.1) is 0 Å². The van der Waals surface area contributed by atoms with Gasteiger partial charge in [0.1, 0.15) is 5.56 Å². The van der Waals surface area contributed by atoms with E-state index in [-0.39, 0.29) is 0 Å². The number of nitrogens with zero attached hydrogens (tertiary/aromatic N) is 1. The first-order valence-corrected chi connectivity index (χ1v) is 5.03. The molecule has 0 saturated carbocycles. The maximum Gasteiger partial charge on any atom is 0.328 e. The summed E-state index contributed by atoms with van der Waals surface area (Å²) >= 11 is 0.